The first kappa shape index (κ1) is 21.6. The molecule has 2 saturated heterocycles. The average Bonchev–Trinajstić information content (AvgIpc) is 3.25. The van der Waals surface area contributed by atoms with Crippen molar-refractivity contribution in [1.82, 2.24) is 10.2 Å². The number of hydrogen-bond donors (Lipinski definition) is 1. The molecule has 26 heavy (non-hydrogen) atoms. The predicted octanol–water partition coefficient (Wildman–Crippen LogP) is 2.63. The van der Waals surface area contributed by atoms with Gasteiger partial charge in [-0.3, -0.25) is 9.20 Å². The number of guanidine groups is 1. The van der Waals surface area contributed by atoms with Gasteiger partial charge in [0.25, 0.3) is 0 Å². The summed E-state index contributed by atoms with van der Waals surface area (Å²) in [5.74, 6) is 2.17. The minimum absolute atomic E-state index is 0. The van der Waals surface area contributed by atoms with E-state index in [1.807, 2.05) is 30.3 Å². The molecule has 2 heterocycles. The summed E-state index contributed by atoms with van der Waals surface area (Å²) >= 11 is 0. The molecule has 0 aromatic heterocycles. The number of ether oxygens (including phenoxy) is 1. The van der Waals surface area contributed by atoms with Gasteiger partial charge in [0.05, 0.1) is 13.2 Å². The summed E-state index contributed by atoms with van der Waals surface area (Å²) in [5, 5.41) is 3.39. The molecule has 2 aliphatic rings. The molecule has 0 saturated carbocycles. The largest absolute Gasteiger partial charge is 0.381 e. The molecule has 0 aliphatic carbocycles. The number of aliphatic imine (C=N–C) groups is 1. The van der Waals surface area contributed by atoms with Crippen LogP contribution in [-0.2, 0) is 21.3 Å². The van der Waals surface area contributed by atoms with Crippen LogP contribution in [0.15, 0.2) is 35.3 Å². The summed E-state index contributed by atoms with van der Waals surface area (Å²) in [6.07, 6.45) is 2.33. The fraction of sp³-hybridized carbons (Fsp3) is 0.632. The van der Waals surface area contributed by atoms with Crippen LogP contribution in [-0.4, -0.2) is 60.2 Å². The summed E-state index contributed by atoms with van der Waals surface area (Å²) in [6.45, 7) is 7.36. The van der Waals surface area contributed by atoms with Crippen molar-refractivity contribution in [2.75, 3.05) is 45.1 Å². The molecule has 2 fully saturated rings. The monoisotopic (exact) mass is 491 g/mol. The van der Waals surface area contributed by atoms with E-state index in [9.17, 15) is 4.21 Å². The van der Waals surface area contributed by atoms with E-state index < -0.39 is 10.8 Å². The second kappa shape index (κ2) is 10.6. The highest BCUT2D eigenvalue weighted by Crippen LogP contribution is 2.38. The first-order chi connectivity index (χ1) is 12.2. The Morgan fingerprint density at radius 1 is 1.35 bits per heavy atom. The number of nitrogens with one attached hydrogen (secondary N) is 1. The Balaban J connectivity index is 0.00000243. The Morgan fingerprint density at radius 2 is 2.15 bits per heavy atom. The van der Waals surface area contributed by atoms with E-state index in [-0.39, 0.29) is 24.0 Å². The molecule has 0 radical (unpaired) electrons. The van der Waals surface area contributed by atoms with Crippen LogP contribution >= 0.6 is 24.0 Å². The molecule has 2 atom stereocenters. The van der Waals surface area contributed by atoms with Crippen LogP contribution in [0.5, 0.6) is 0 Å². The molecule has 146 valence electrons. The molecule has 7 heteroatoms. The maximum atomic E-state index is 12.3. The van der Waals surface area contributed by atoms with Crippen molar-refractivity contribution >= 4 is 40.7 Å². The molecule has 5 nitrogen and oxygen atoms in total. The molecule has 0 bridgehead atoms. The first-order valence-electron chi connectivity index (χ1n) is 9.21. The quantitative estimate of drug-likeness (QED) is 0.378. The molecule has 1 aromatic carbocycles. The molecule has 2 unspecified atom stereocenters. The van der Waals surface area contributed by atoms with Crippen LogP contribution in [0.2, 0.25) is 0 Å². The highest BCUT2D eigenvalue weighted by Gasteiger charge is 2.42. The van der Waals surface area contributed by atoms with Crippen molar-refractivity contribution in [2.24, 2.45) is 10.4 Å². The number of likely N-dealkylation sites (tertiary alicyclic amines) is 1. The van der Waals surface area contributed by atoms with Crippen molar-refractivity contribution < 1.29 is 8.95 Å². The molecule has 3 rings (SSSR count). The van der Waals surface area contributed by atoms with Gasteiger partial charge in [-0.05, 0) is 25.3 Å². The Bertz CT molecular complexity index is 606. The third-order valence-electron chi connectivity index (χ3n) is 5.01. The normalized spacial score (nSPS) is 23.9. The van der Waals surface area contributed by atoms with Gasteiger partial charge in [0, 0.05) is 54.0 Å². The molecular formula is C19H30IN3O2S. The molecule has 1 aromatic rings. The highest BCUT2D eigenvalue weighted by atomic mass is 127. The van der Waals surface area contributed by atoms with E-state index in [2.05, 4.69) is 17.1 Å². The van der Waals surface area contributed by atoms with Gasteiger partial charge in [-0.15, -0.1) is 24.0 Å². The maximum absolute atomic E-state index is 12.3. The summed E-state index contributed by atoms with van der Waals surface area (Å²) in [6, 6.07) is 10.0. The van der Waals surface area contributed by atoms with E-state index >= 15 is 0 Å². The number of benzene rings is 1. The SMILES string of the molecule is CCNC(=NCCS(=O)Cc1ccccc1)N1CCC2(CCOC2)C1.I. The van der Waals surface area contributed by atoms with Gasteiger partial charge < -0.3 is 15.0 Å². The van der Waals surface area contributed by atoms with Crippen LogP contribution in [0.25, 0.3) is 0 Å². The summed E-state index contributed by atoms with van der Waals surface area (Å²) in [7, 11) is -0.875. The van der Waals surface area contributed by atoms with E-state index in [0.29, 0.717) is 23.5 Å². The summed E-state index contributed by atoms with van der Waals surface area (Å²) in [4.78, 5) is 7.07. The Morgan fingerprint density at radius 3 is 2.85 bits per heavy atom. The van der Waals surface area contributed by atoms with Gasteiger partial charge >= 0.3 is 0 Å². The van der Waals surface area contributed by atoms with Gasteiger partial charge in [0.2, 0.25) is 0 Å². The molecule has 1 spiro atoms. The van der Waals surface area contributed by atoms with E-state index in [0.717, 1.165) is 50.8 Å². The van der Waals surface area contributed by atoms with Crippen LogP contribution in [0, 0.1) is 5.41 Å². The maximum Gasteiger partial charge on any atom is 0.193 e. The smallest absolute Gasteiger partial charge is 0.193 e. The first-order valence-corrected chi connectivity index (χ1v) is 10.7. The topological polar surface area (TPSA) is 53.9 Å². The van der Waals surface area contributed by atoms with Crippen molar-refractivity contribution in [1.29, 1.82) is 0 Å². The Kier molecular flexibility index (Phi) is 8.83. The van der Waals surface area contributed by atoms with Crippen LogP contribution in [0.1, 0.15) is 25.3 Å². The van der Waals surface area contributed by atoms with Gasteiger partial charge in [-0.25, -0.2) is 0 Å². The second-order valence-corrected chi connectivity index (χ2v) is 8.56. The standard InChI is InChI=1S/C19H29N3O2S.HI/c1-2-20-18(22-11-8-19(15-22)9-12-24-16-19)21-10-13-25(23)14-17-6-4-3-5-7-17;/h3-7H,2,8-16H2,1H3,(H,20,21);1H. The highest BCUT2D eigenvalue weighted by molar-refractivity contribution is 14.0. The molecular weight excluding hydrogens is 461 g/mol. The van der Waals surface area contributed by atoms with Crippen LogP contribution in [0.3, 0.4) is 0 Å². The Labute approximate surface area is 176 Å². The van der Waals surface area contributed by atoms with Crippen LogP contribution < -0.4 is 5.32 Å². The van der Waals surface area contributed by atoms with Gasteiger partial charge in [0.15, 0.2) is 5.96 Å². The third kappa shape index (κ3) is 5.92. The van der Waals surface area contributed by atoms with Crippen molar-refractivity contribution in [3.63, 3.8) is 0 Å². The summed E-state index contributed by atoms with van der Waals surface area (Å²) in [5.41, 5.74) is 1.45. The molecule has 1 N–H and O–H groups in total. The summed E-state index contributed by atoms with van der Waals surface area (Å²) < 4.78 is 17.9. The van der Waals surface area contributed by atoms with Gasteiger partial charge in [-0.1, -0.05) is 30.3 Å². The average molecular weight is 491 g/mol. The van der Waals surface area contributed by atoms with E-state index in [4.69, 9.17) is 9.73 Å². The lowest BCUT2D eigenvalue weighted by Crippen LogP contribution is -2.41. The van der Waals surface area contributed by atoms with E-state index in [1.165, 1.54) is 6.42 Å². The lowest BCUT2D eigenvalue weighted by molar-refractivity contribution is 0.156. The van der Waals surface area contributed by atoms with Crippen molar-refractivity contribution in [2.45, 2.75) is 25.5 Å². The minimum Gasteiger partial charge on any atom is -0.381 e. The van der Waals surface area contributed by atoms with Crippen molar-refractivity contribution in [3.8, 4) is 0 Å². The zero-order chi connectivity index (χ0) is 17.5. The fourth-order valence-electron chi connectivity index (χ4n) is 3.60. The third-order valence-corrected chi connectivity index (χ3v) is 6.30. The number of hydrogen-bond acceptors (Lipinski definition) is 3. The minimum atomic E-state index is -0.875. The van der Waals surface area contributed by atoms with E-state index in [1.54, 1.807) is 0 Å². The zero-order valence-corrected chi connectivity index (χ0v) is 18.6. The number of rotatable bonds is 6. The Hall–Kier alpha value is -0.670. The van der Waals surface area contributed by atoms with Gasteiger partial charge in [0.1, 0.15) is 0 Å². The molecule has 0 amide bonds. The van der Waals surface area contributed by atoms with Crippen molar-refractivity contribution in [3.05, 3.63) is 35.9 Å². The lowest BCUT2D eigenvalue weighted by Gasteiger charge is -2.24. The lowest BCUT2D eigenvalue weighted by atomic mass is 9.87. The fourth-order valence-corrected chi connectivity index (χ4v) is 4.60. The number of halogens is 1. The zero-order valence-electron chi connectivity index (χ0n) is 15.5. The predicted molar refractivity (Wildman–Crippen MR) is 119 cm³/mol. The number of nitrogens with zero attached hydrogens (tertiary/aromatic N) is 2. The van der Waals surface area contributed by atoms with Crippen LogP contribution in [0.4, 0.5) is 0 Å². The second-order valence-electron chi connectivity index (χ2n) is 6.98. The molecule has 2 aliphatic heterocycles. The van der Waals surface area contributed by atoms with Gasteiger partial charge in [-0.2, -0.15) is 0 Å².